The second-order valence-corrected chi connectivity index (χ2v) is 5.68. The lowest BCUT2D eigenvalue weighted by atomic mass is 9.81. The number of fused-ring (bicyclic) bond motifs is 2. The Labute approximate surface area is 143 Å². The maximum absolute atomic E-state index is 12.9. The summed E-state index contributed by atoms with van der Waals surface area (Å²) in [5.41, 5.74) is 3.00. The number of carbonyl (C=O) groups is 1. The Morgan fingerprint density at radius 1 is 0.920 bits per heavy atom. The van der Waals surface area contributed by atoms with Gasteiger partial charge in [-0.1, -0.05) is 36.4 Å². The number of halogens is 1. The average Bonchev–Trinajstić information content (AvgIpc) is 3.07. The first kappa shape index (κ1) is 15.1. The number of hydrogen-bond donors (Lipinski definition) is 1. The zero-order valence-corrected chi connectivity index (χ0v) is 13.1. The minimum Gasteiger partial charge on any atom is -0.507 e. The second kappa shape index (κ2) is 5.91. The van der Waals surface area contributed by atoms with Gasteiger partial charge in [-0.05, 0) is 30.3 Å². The Hall–Kier alpha value is -3.40. The SMILES string of the molecule is O=C(c1cccc(F)c1)c1c2ccc-2c1O.c1ccc2occc2c1. The topological polar surface area (TPSA) is 50.4 Å². The van der Waals surface area contributed by atoms with Crippen LogP contribution in [0.5, 0.6) is 5.75 Å². The van der Waals surface area contributed by atoms with Crippen molar-refractivity contribution >= 4 is 16.8 Å². The Balaban J connectivity index is 0.000000147. The fourth-order valence-corrected chi connectivity index (χ4v) is 2.78. The highest BCUT2D eigenvalue weighted by Gasteiger charge is 2.30. The van der Waals surface area contributed by atoms with Crippen molar-refractivity contribution in [2.45, 2.75) is 0 Å². The Morgan fingerprint density at radius 3 is 2.40 bits per heavy atom. The molecule has 3 nitrogen and oxygen atoms in total. The van der Waals surface area contributed by atoms with Gasteiger partial charge in [0.15, 0.2) is 5.78 Å². The van der Waals surface area contributed by atoms with Gasteiger partial charge in [0.25, 0.3) is 0 Å². The summed E-state index contributed by atoms with van der Waals surface area (Å²) in [6.07, 6.45) is 1.70. The number of aromatic hydroxyl groups is 1. The van der Waals surface area contributed by atoms with Crippen molar-refractivity contribution in [2.75, 3.05) is 0 Å². The molecule has 122 valence electrons. The Bertz CT molecular complexity index is 1070. The normalized spacial score (nSPS) is 10.9. The molecule has 2 aromatic carbocycles. The maximum atomic E-state index is 12.9. The van der Waals surface area contributed by atoms with E-state index in [1.165, 1.54) is 24.3 Å². The molecule has 2 aliphatic rings. The van der Waals surface area contributed by atoms with E-state index in [1.54, 1.807) is 18.4 Å². The molecular formula is C21H13FO3. The molecule has 0 atom stereocenters. The summed E-state index contributed by atoms with van der Waals surface area (Å²) in [4.78, 5) is 11.9. The molecule has 1 N–H and O–H groups in total. The number of para-hydroxylation sites is 1. The van der Waals surface area contributed by atoms with E-state index in [2.05, 4.69) is 0 Å². The molecule has 4 heteroatoms. The predicted molar refractivity (Wildman–Crippen MR) is 93.1 cm³/mol. The Morgan fingerprint density at radius 2 is 1.72 bits per heavy atom. The number of ketones is 1. The highest BCUT2D eigenvalue weighted by molar-refractivity contribution is 6.20. The molecule has 0 fully saturated rings. The summed E-state index contributed by atoms with van der Waals surface area (Å²) in [7, 11) is 0. The first-order valence-electron chi connectivity index (χ1n) is 7.74. The standard InChI is InChI=1S/C13H7FO2.C8H6O/c14-8-3-1-2-7(6-8)12(15)11-9-4-5-10(9)13(11)16;1-2-4-8-7(3-1)5-6-9-8/h1-6,16H;1-6H. The van der Waals surface area contributed by atoms with Crippen LogP contribution in [0.4, 0.5) is 4.39 Å². The largest absolute Gasteiger partial charge is 0.507 e. The lowest BCUT2D eigenvalue weighted by molar-refractivity contribution is 0.103. The third-order valence-electron chi connectivity index (χ3n) is 4.14. The summed E-state index contributed by atoms with van der Waals surface area (Å²) in [6, 6.07) is 18.9. The summed E-state index contributed by atoms with van der Waals surface area (Å²) in [6.45, 7) is 0. The fraction of sp³-hybridized carbons (Fsp3) is 0. The van der Waals surface area contributed by atoms with Crippen LogP contribution in [-0.4, -0.2) is 10.9 Å². The van der Waals surface area contributed by atoms with Gasteiger partial charge in [0.1, 0.15) is 17.1 Å². The van der Waals surface area contributed by atoms with Crippen molar-refractivity contribution in [1.82, 2.24) is 0 Å². The number of furan rings is 1. The molecule has 0 saturated carbocycles. The Kier molecular flexibility index (Phi) is 3.58. The second-order valence-electron chi connectivity index (χ2n) is 5.68. The van der Waals surface area contributed by atoms with Gasteiger partial charge in [-0.25, -0.2) is 4.39 Å². The van der Waals surface area contributed by atoms with Gasteiger partial charge in [0.2, 0.25) is 0 Å². The summed E-state index contributed by atoms with van der Waals surface area (Å²) >= 11 is 0. The first-order chi connectivity index (χ1) is 12.1. The van der Waals surface area contributed by atoms with Crippen LogP contribution in [0, 0.1) is 5.82 Å². The zero-order chi connectivity index (χ0) is 17.4. The van der Waals surface area contributed by atoms with Crippen LogP contribution in [0.15, 0.2) is 77.4 Å². The van der Waals surface area contributed by atoms with Crippen LogP contribution in [0.25, 0.3) is 22.1 Å². The smallest absolute Gasteiger partial charge is 0.197 e. The number of rotatable bonds is 2. The summed E-state index contributed by atoms with van der Waals surface area (Å²) < 4.78 is 18.1. The summed E-state index contributed by atoms with van der Waals surface area (Å²) in [5.74, 6) is -0.768. The molecule has 0 unspecified atom stereocenters. The molecule has 0 spiro atoms. The van der Waals surface area contributed by atoms with E-state index in [0.29, 0.717) is 5.56 Å². The zero-order valence-electron chi connectivity index (χ0n) is 13.1. The average molecular weight is 332 g/mol. The molecule has 1 aromatic heterocycles. The third-order valence-corrected chi connectivity index (χ3v) is 4.14. The minimum absolute atomic E-state index is 0.0201. The van der Waals surface area contributed by atoms with Crippen LogP contribution in [0.1, 0.15) is 15.9 Å². The minimum atomic E-state index is -0.455. The van der Waals surface area contributed by atoms with E-state index >= 15 is 0 Å². The molecule has 2 aliphatic carbocycles. The summed E-state index contributed by atoms with van der Waals surface area (Å²) in [5, 5.41) is 10.7. The van der Waals surface area contributed by atoms with Crippen LogP contribution in [-0.2, 0) is 0 Å². The van der Waals surface area contributed by atoms with Gasteiger partial charge in [0.05, 0.1) is 11.8 Å². The van der Waals surface area contributed by atoms with Gasteiger partial charge in [-0.2, -0.15) is 0 Å². The molecule has 1 heterocycles. The number of carbonyl (C=O) groups excluding carboxylic acids is 1. The third kappa shape index (κ3) is 2.58. The molecule has 0 amide bonds. The van der Waals surface area contributed by atoms with Gasteiger partial charge in [0, 0.05) is 22.1 Å². The number of hydrogen-bond acceptors (Lipinski definition) is 3. The van der Waals surface area contributed by atoms with Crippen molar-refractivity contribution in [2.24, 2.45) is 0 Å². The van der Waals surface area contributed by atoms with Gasteiger partial charge < -0.3 is 9.52 Å². The lowest BCUT2D eigenvalue weighted by Crippen LogP contribution is -2.11. The first-order valence-corrected chi connectivity index (χ1v) is 7.74. The maximum Gasteiger partial charge on any atom is 0.197 e. The fourth-order valence-electron chi connectivity index (χ4n) is 2.78. The van der Waals surface area contributed by atoms with E-state index in [-0.39, 0.29) is 17.1 Å². The van der Waals surface area contributed by atoms with Crippen LogP contribution in [0.3, 0.4) is 0 Å². The number of phenols is 1. The van der Waals surface area contributed by atoms with Gasteiger partial charge >= 0.3 is 0 Å². The van der Waals surface area contributed by atoms with Crippen molar-refractivity contribution in [3.8, 4) is 16.9 Å². The van der Waals surface area contributed by atoms with Crippen LogP contribution >= 0.6 is 0 Å². The van der Waals surface area contributed by atoms with Crippen LogP contribution in [0.2, 0.25) is 0 Å². The van der Waals surface area contributed by atoms with Gasteiger partial charge in [-0.15, -0.1) is 0 Å². The highest BCUT2D eigenvalue weighted by Crippen LogP contribution is 2.48. The van der Waals surface area contributed by atoms with Crippen LogP contribution < -0.4 is 0 Å². The molecule has 0 saturated heterocycles. The van der Waals surface area contributed by atoms with Gasteiger partial charge in [-0.3, -0.25) is 4.79 Å². The van der Waals surface area contributed by atoms with Crippen molar-refractivity contribution in [3.63, 3.8) is 0 Å². The monoisotopic (exact) mass is 332 g/mol. The highest BCUT2D eigenvalue weighted by atomic mass is 19.1. The van der Waals surface area contributed by atoms with Crippen molar-refractivity contribution < 1.29 is 18.7 Å². The molecular weight excluding hydrogens is 319 g/mol. The van der Waals surface area contributed by atoms with E-state index in [0.717, 1.165) is 22.1 Å². The number of benzene rings is 3. The molecule has 25 heavy (non-hydrogen) atoms. The molecule has 3 aromatic rings. The van der Waals surface area contributed by atoms with Crippen molar-refractivity contribution in [3.05, 3.63) is 89.9 Å². The quantitative estimate of drug-likeness (QED) is 0.453. The van der Waals surface area contributed by atoms with E-state index in [1.807, 2.05) is 30.3 Å². The van der Waals surface area contributed by atoms with E-state index < -0.39 is 5.82 Å². The lowest BCUT2D eigenvalue weighted by Gasteiger charge is -2.23. The molecule has 0 radical (unpaired) electrons. The van der Waals surface area contributed by atoms with E-state index in [9.17, 15) is 14.3 Å². The molecule has 0 aliphatic heterocycles. The van der Waals surface area contributed by atoms with Crippen molar-refractivity contribution in [1.29, 1.82) is 0 Å². The number of phenolic OH excluding ortho intramolecular Hbond substituents is 1. The molecule has 5 rings (SSSR count). The van der Waals surface area contributed by atoms with E-state index in [4.69, 9.17) is 4.42 Å². The molecule has 0 bridgehead atoms. The predicted octanol–water partition coefficient (Wildman–Crippen LogP) is 5.18.